The molecule has 0 spiro atoms. The summed E-state index contributed by atoms with van der Waals surface area (Å²) >= 11 is 0. The van der Waals surface area contributed by atoms with Crippen LogP contribution in [0, 0.1) is 13.8 Å². The maximum atomic E-state index is 7.01. The van der Waals surface area contributed by atoms with E-state index in [0.717, 1.165) is 162 Å². The van der Waals surface area contributed by atoms with E-state index in [1.807, 2.05) is 0 Å². The van der Waals surface area contributed by atoms with Crippen molar-refractivity contribution in [1.82, 2.24) is 0 Å². The Morgan fingerprint density at radius 2 is 0.861 bits per heavy atom. The third-order valence-corrected chi connectivity index (χ3v) is 16.8. The fraction of sp³-hybridized carbons (Fsp3) is 0.178. The fourth-order valence-corrected chi connectivity index (χ4v) is 12.9. The molecule has 386 valence electrons. The Morgan fingerprint density at radius 1 is 0.354 bits per heavy atom. The molecule has 4 heterocycles. The SMILES string of the molecule is CC1=CCCC=C1N(c1ccc2cc3c(cc2c1)oc1cc(C)c2oc4cc5cc(N(c6ccccc6C)c6cccc7c6oc6c(C(C)(C)C)cccc67)ccc5cc4c2c13)c1cccc2c1oc1c(C(C)(C)C)cccc12. The molecule has 0 radical (unpaired) electrons. The monoisotopic (exact) mass is 1030 g/mol. The van der Waals surface area contributed by atoms with E-state index in [1.165, 1.54) is 22.4 Å². The molecule has 0 atom stereocenters. The summed E-state index contributed by atoms with van der Waals surface area (Å²) in [7, 11) is 0. The predicted octanol–water partition coefficient (Wildman–Crippen LogP) is 22.0. The molecule has 4 aromatic heterocycles. The highest BCUT2D eigenvalue weighted by Crippen LogP contribution is 2.49. The average Bonchev–Trinajstić information content (AvgIpc) is 4.33. The van der Waals surface area contributed by atoms with Crippen molar-refractivity contribution in [2.24, 2.45) is 0 Å². The topological polar surface area (TPSA) is 59.0 Å². The minimum atomic E-state index is -0.0861. The Balaban J connectivity index is 0.871. The van der Waals surface area contributed by atoms with Gasteiger partial charge in [0.15, 0.2) is 11.2 Å². The maximum Gasteiger partial charge on any atom is 0.159 e. The Kier molecular flexibility index (Phi) is 10.2. The lowest BCUT2D eigenvalue weighted by Crippen LogP contribution is -2.18. The minimum Gasteiger partial charge on any atom is -0.456 e. The van der Waals surface area contributed by atoms with Crippen LogP contribution in [0.2, 0.25) is 0 Å². The molecule has 1 aliphatic rings. The number of hydrogen-bond donors (Lipinski definition) is 0. The van der Waals surface area contributed by atoms with Crippen LogP contribution < -0.4 is 9.80 Å². The van der Waals surface area contributed by atoms with E-state index in [4.69, 9.17) is 17.7 Å². The number of aryl methyl sites for hydroxylation is 2. The summed E-state index contributed by atoms with van der Waals surface area (Å²) in [6, 6.07) is 59.5. The van der Waals surface area contributed by atoms with Gasteiger partial charge in [-0.2, -0.15) is 0 Å². The summed E-state index contributed by atoms with van der Waals surface area (Å²) in [6.45, 7) is 20.0. The fourth-order valence-electron chi connectivity index (χ4n) is 12.9. The van der Waals surface area contributed by atoms with Gasteiger partial charge >= 0.3 is 0 Å². The van der Waals surface area contributed by atoms with Gasteiger partial charge in [-0.05, 0) is 155 Å². The standard InChI is InChI=1S/C73H60N2O4/c1-41-18-10-12-26-58(41)74(60-28-16-22-52-50-20-14-24-56(72(4,5)6)68(50)78-70(52)60)48-32-30-44-37-54-62(39-46(44)35-48)76-64-34-43(3)67-66(65(54)64)55-38-45-31-33-49(36-47(45)40-63(55)77-67)75(59-27-13-11-19-42(59)2)61-29-17-23-53-51-21-15-25-57(73(7,8)9)69(51)79-71(53)61/h11,13-40H,10,12H2,1-9H3. The highest BCUT2D eigenvalue weighted by molar-refractivity contribution is 6.28. The number of para-hydroxylation sites is 5. The van der Waals surface area contributed by atoms with E-state index < -0.39 is 0 Å². The highest BCUT2D eigenvalue weighted by atomic mass is 16.3. The second-order valence-electron chi connectivity index (χ2n) is 24.1. The zero-order valence-electron chi connectivity index (χ0n) is 46.2. The van der Waals surface area contributed by atoms with Crippen molar-refractivity contribution in [2.45, 2.75) is 86.0 Å². The zero-order valence-corrected chi connectivity index (χ0v) is 46.2. The molecule has 14 aromatic rings. The third kappa shape index (κ3) is 7.23. The van der Waals surface area contributed by atoms with Crippen LogP contribution in [-0.2, 0) is 10.8 Å². The number of rotatable bonds is 6. The van der Waals surface area contributed by atoms with Crippen molar-refractivity contribution >= 4 is 138 Å². The third-order valence-electron chi connectivity index (χ3n) is 16.8. The van der Waals surface area contributed by atoms with Crippen molar-refractivity contribution < 1.29 is 17.7 Å². The van der Waals surface area contributed by atoms with E-state index in [1.54, 1.807) is 0 Å². The van der Waals surface area contributed by atoms with Crippen molar-refractivity contribution in [3.05, 3.63) is 209 Å². The Morgan fingerprint density at radius 3 is 1.44 bits per heavy atom. The van der Waals surface area contributed by atoms with E-state index in [9.17, 15) is 0 Å². The van der Waals surface area contributed by atoms with E-state index >= 15 is 0 Å². The molecule has 0 aliphatic heterocycles. The van der Waals surface area contributed by atoms with E-state index in [0.29, 0.717) is 0 Å². The average molecular weight is 1030 g/mol. The first-order chi connectivity index (χ1) is 38.2. The molecule has 10 aromatic carbocycles. The van der Waals surface area contributed by atoms with Crippen molar-refractivity contribution in [3.63, 3.8) is 0 Å². The summed E-state index contributed by atoms with van der Waals surface area (Å²) in [5.74, 6) is 0. The molecule has 6 heteroatoms. The van der Waals surface area contributed by atoms with Gasteiger partial charge in [-0.3, -0.25) is 0 Å². The van der Waals surface area contributed by atoms with Gasteiger partial charge in [0.05, 0.1) is 11.4 Å². The van der Waals surface area contributed by atoms with Crippen LogP contribution >= 0.6 is 0 Å². The molecule has 0 N–H and O–H groups in total. The molecular formula is C73H60N2O4. The number of nitrogens with zero attached hydrogens (tertiary/aromatic N) is 2. The molecule has 15 rings (SSSR count). The molecule has 0 unspecified atom stereocenters. The van der Waals surface area contributed by atoms with Gasteiger partial charge < -0.3 is 27.5 Å². The number of allylic oxidation sites excluding steroid dienone is 3. The Hall–Kier alpha value is -9.00. The Bertz CT molecular complexity index is 4980. The highest BCUT2D eigenvalue weighted by Gasteiger charge is 2.28. The van der Waals surface area contributed by atoms with Gasteiger partial charge in [0.1, 0.15) is 33.5 Å². The summed E-state index contributed by atoms with van der Waals surface area (Å²) < 4.78 is 27.9. The number of hydrogen-bond acceptors (Lipinski definition) is 6. The van der Waals surface area contributed by atoms with Crippen LogP contribution in [0.4, 0.5) is 28.4 Å². The molecule has 0 amide bonds. The van der Waals surface area contributed by atoms with Crippen LogP contribution in [0.5, 0.6) is 0 Å². The number of fused-ring (bicyclic) bond motifs is 15. The smallest absolute Gasteiger partial charge is 0.159 e. The van der Waals surface area contributed by atoms with Gasteiger partial charge in [0, 0.05) is 77.0 Å². The van der Waals surface area contributed by atoms with Crippen LogP contribution in [-0.4, -0.2) is 0 Å². The summed E-state index contributed by atoms with van der Waals surface area (Å²) in [6.07, 6.45) is 6.73. The lowest BCUT2D eigenvalue weighted by atomic mass is 9.86. The second kappa shape index (κ2) is 17.0. The van der Waals surface area contributed by atoms with Crippen LogP contribution in [0.1, 0.15) is 83.6 Å². The Labute approximate surface area is 458 Å². The molecule has 1 aliphatic carbocycles. The van der Waals surface area contributed by atoms with Crippen molar-refractivity contribution in [3.8, 4) is 0 Å². The zero-order chi connectivity index (χ0) is 53.8. The quantitative estimate of drug-likeness (QED) is 0.165. The molecular weight excluding hydrogens is 969 g/mol. The van der Waals surface area contributed by atoms with Gasteiger partial charge in [-0.1, -0.05) is 145 Å². The normalized spacial score (nSPS) is 13.7. The van der Waals surface area contributed by atoms with Gasteiger partial charge in [0.25, 0.3) is 0 Å². The lowest BCUT2D eigenvalue weighted by molar-refractivity contribution is 0.572. The predicted molar refractivity (Wildman–Crippen MR) is 332 cm³/mol. The van der Waals surface area contributed by atoms with E-state index in [2.05, 4.69) is 248 Å². The summed E-state index contributed by atoms with van der Waals surface area (Å²) in [5, 5.41) is 13.2. The molecule has 6 nitrogen and oxygen atoms in total. The number of anilines is 5. The molecule has 0 saturated carbocycles. The molecule has 0 bridgehead atoms. The van der Waals surface area contributed by atoms with Gasteiger partial charge in [0.2, 0.25) is 0 Å². The first kappa shape index (κ1) is 47.2. The molecule has 79 heavy (non-hydrogen) atoms. The summed E-state index contributed by atoms with van der Waals surface area (Å²) in [5.41, 5.74) is 19.1. The lowest BCUT2D eigenvalue weighted by Gasteiger charge is -2.30. The second-order valence-corrected chi connectivity index (χ2v) is 24.1. The first-order valence-corrected chi connectivity index (χ1v) is 27.8. The maximum absolute atomic E-state index is 7.01. The van der Waals surface area contributed by atoms with Crippen LogP contribution in [0.3, 0.4) is 0 Å². The van der Waals surface area contributed by atoms with Gasteiger partial charge in [-0.25, -0.2) is 0 Å². The first-order valence-electron chi connectivity index (χ1n) is 27.8. The van der Waals surface area contributed by atoms with Crippen molar-refractivity contribution in [2.75, 3.05) is 9.80 Å². The molecule has 0 saturated heterocycles. The molecule has 0 fully saturated rings. The van der Waals surface area contributed by atoms with Gasteiger partial charge in [-0.15, -0.1) is 0 Å². The van der Waals surface area contributed by atoms with Crippen LogP contribution in [0.15, 0.2) is 205 Å². The summed E-state index contributed by atoms with van der Waals surface area (Å²) in [4.78, 5) is 4.75. The van der Waals surface area contributed by atoms with E-state index in [-0.39, 0.29) is 10.8 Å². The number of benzene rings is 10. The van der Waals surface area contributed by atoms with Crippen molar-refractivity contribution in [1.29, 1.82) is 0 Å². The largest absolute Gasteiger partial charge is 0.456 e. The minimum absolute atomic E-state index is 0.0783. The number of furan rings is 4. The van der Waals surface area contributed by atoms with Crippen LogP contribution in [0.25, 0.3) is 109 Å².